The van der Waals surface area contributed by atoms with Crippen LogP contribution in [0.1, 0.15) is 11.1 Å². The van der Waals surface area contributed by atoms with Gasteiger partial charge in [0.05, 0.1) is 16.9 Å². The lowest BCUT2D eigenvalue weighted by molar-refractivity contribution is 1.42. The molecule has 5 aromatic carbocycles. The van der Waals surface area contributed by atoms with Gasteiger partial charge < -0.3 is 0 Å². The van der Waals surface area contributed by atoms with E-state index < -0.39 is 0 Å². The summed E-state index contributed by atoms with van der Waals surface area (Å²) in [7, 11) is 0. The van der Waals surface area contributed by atoms with Gasteiger partial charge in [0, 0.05) is 27.9 Å². The maximum Gasteiger partial charge on any atom is 0.0788 e. The number of rotatable bonds is 7. The van der Waals surface area contributed by atoms with E-state index in [4.69, 9.17) is 4.98 Å². The number of nitrogens with zero attached hydrogens (tertiary/aromatic N) is 2. The zero-order valence-electron chi connectivity index (χ0n) is 22.2. The van der Waals surface area contributed by atoms with Gasteiger partial charge in [-0.2, -0.15) is 0 Å². The van der Waals surface area contributed by atoms with Crippen LogP contribution < -0.4 is 0 Å². The SMILES string of the molecule is C=C(C=CC=NC(=C)c1ccccc1)c1ccc(-c2nc3ccccc3c3c(-c4ccccc4)cccc23)cc1. The lowest BCUT2D eigenvalue weighted by atomic mass is 9.92. The first-order valence-corrected chi connectivity index (χ1v) is 13.3. The van der Waals surface area contributed by atoms with Gasteiger partial charge in [0.25, 0.3) is 0 Å². The Hall–Kier alpha value is -5.34. The number of fused-ring (bicyclic) bond motifs is 3. The molecular formula is C38H28N2. The molecule has 0 aliphatic rings. The molecule has 0 aliphatic carbocycles. The van der Waals surface area contributed by atoms with Crippen LogP contribution in [0.25, 0.3) is 55.3 Å². The molecule has 6 rings (SSSR count). The number of hydrogen-bond donors (Lipinski definition) is 0. The van der Waals surface area contributed by atoms with Crippen molar-refractivity contribution in [3.8, 4) is 22.4 Å². The lowest BCUT2D eigenvalue weighted by Crippen LogP contribution is -1.92. The Morgan fingerprint density at radius 2 is 1.27 bits per heavy atom. The van der Waals surface area contributed by atoms with E-state index in [9.17, 15) is 0 Å². The molecule has 2 heteroatoms. The van der Waals surface area contributed by atoms with Crippen molar-refractivity contribution in [2.75, 3.05) is 0 Å². The summed E-state index contributed by atoms with van der Waals surface area (Å²) in [5.41, 5.74) is 9.14. The molecule has 0 spiro atoms. The van der Waals surface area contributed by atoms with Gasteiger partial charge in [0.2, 0.25) is 0 Å². The Morgan fingerprint density at radius 3 is 2.05 bits per heavy atom. The maximum atomic E-state index is 5.12. The molecule has 190 valence electrons. The summed E-state index contributed by atoms with van der Waals surface area (Å²) in [5.74, 6) is 0. The molecule has 0 fully saturated rings. The highest BCUT2D eigenvalue weighted by Crippen LogP contribution is 2.38. The van der Waals surface area contributed by atoms with Crippen molar-refractivity contribution in [2.24, 2.45) is 4.99 Å². The largest absolute Gasteiger partial charge is 0.257 e. The summed E-state index contributed by atoms with van der Waals surface area (Å²) >= 11 is 0. The summed E-state index contributed by atoms with van der Waals surface area (Å²) in [4.78, 5) is 9.56. The predicted molar refractivity (Wildman–Crippen MR) is 172 cm³/mol. The van der Waals surface area contributed by atoms with Crippen LogP contribution in [-0.2, 0) is 0 Å². The van der Waals surface area contributed by atoms with Gasteiger partial charge >= 0.3 is 0 Å². The van der Waals surface area contributed by atoms with Gasteiger partial charge in [-0.3, -0.25) is 4.99 Å². The van der Waals surface area contributed by atoms with E-state index in [1.54, 1.807) is 6.21 Å². The number of hydrogen-bond acceptors (Lipinski definition) is 2. The monoisotopic (exact) mass is 512 g/mol. The molecule has 0 aliphatic heterocycles. The van der Waals surface area contributed by atoms with Crippen LogP contribution in [-0.4, -0.2) is 11.2 Å². The quantitative estimate of drug-likeness (QED) is 0.119. The number of pyridine rings is 1. The average molecular weight is 513 g/mol. The van der Waals surface area contributed by atoms with Crippen LogP contribution in [0, 0.1) is 0 Å². The molecule has 0 saturated carbocycles. The van der Waals surface area contributed by atoms with Crippen molar-refractivity contribution in [1.29, 1.82) is 0 Å². The predicted octanol–water partition coefficient (Wildman–Crippen LogP) is 10.0. The minimum Gasteiger partial charge on any atom is -0.257 e. The van der Waals surface area contributed by atoms with Crippen LogP contribution >= 0.6 is 0 Å². The van der Waals surface area contributed by atoms with Crippen molar-refractivity contribution < 1.29 is 0 Å². The van der Waals surface area contributed by atoms with Crippen molar-refractivity contribution in [2.45, 2.75) is 0 Å². The average Bonchev–Trinajstić information content (AvgIpc) is 3.03. The topological polar surface area (TPSA) is 25.2 Å². The fourth-order valence-electron chi connectivity index (χ4n) is 5.02. The van der Waals surface area contributed by atoms with Crippen molar-refractivity contribution in [3.63, 3.8) is 0 Å². The fraction of sp³-hybridized carbons (Fsp3) is 0. The highest BCUT2D eigenvalue weighted by molar-refractivity contribution is 6.17. The zero-order valence-corrected chi connectivity index (χ0v) is 22.2. The minimum atomic E-state index is 0.728. The number of allylic oxidation sites excluding steroid dienone is 3. The van der Waals surface area contributed by atoms with Crippen LogP contribution in [0.15, 0.2) is 158 Å². The first-order valence-electron chi connectivity index (χ1n) is 13.3. The zero-order chi connectivity index (χ0) is 27.3. The van der Waals surface area contributed by atoms with E-state index in [1.807, 2.05) is 48.6 Å². The normalized spacial score (nSPS) is 11.5. The molecule has 6 aromatic rings. The number of aromatic nitrogens is 1. The lowest BCUT2D eigenvalue weighted by Gasteiger charge is -2.14. The second-order valence-electron chi connectivity index (χ2n) is 9.62. The van der Waals surface area contributed by atoms with Gasteiger partial charge in [-0.1, -0.05) is 141 Å². The van der Waals surface area contributed by atoms with Gasteiger partial charge in [-0.25, -0.2) is 4.98 Å². The molecule has 2 nitrogen and oxygen atoms in total. The molecule has 0 atom stereocenters. The highest BCUT2D eigenvalue weighted by atomic mass is 14.7. The fourth-order valence-corrected chi connectivity index (χ4v) is 5.02. The van der Waals surface area contributed by atoms with Crippen LogP contribution in [0.5, 0.6) is 0 Å². The van der Waals surface area contributed by atoms with E-state index in [1.165, 1.54) is 16.5 Å². The van der Waals surface area contributed by atoms with Gasteiger partial charge in [-0.15, -0.1) is 0 Å². The molecule has 1 heterocycles. The van der Waals surface area contributed by atoms with E-state index in [2.05, 4.69) is 109 Å². The molecule has 0 saturated heterocycles. The smallest absolute Gasteiger partial charge is 0.0788 e. The summed E-state index contributed by atoms with van der Waals surface area (Å²) in [6, 6.07) is 43.9. The van der Waals surface area contributed by atoms with Crippen molar-refractivity contribution in [3.05, 3.63) is 164 Å². The van der Waals surface area contributed by atoms with Crippen LogP contribution in [0.3, 0.4) is 0 Å². The Labute approximate surface area is 235 Å². The third kappa shape index (κ3) is 5.03. The first kappa shape index (κ1) is 25.0. The van der Waals surface area contributed by atoms with Crippen LogP contribution in [0.4, 0.5) is 0 Å². The molecule has 40 heavy (non-hydrogen) atoms. The Balaban J connectivity index is 1.32. The summed E-state index contributed by atoms with van der Waals surface area (Å²) in [6.45, 7) is 8.29. The Kier molecular flexibility index (Phi) is 6.98. The third-order valence-corrected chi connectivity index (χ3v) is 7.06. The molecule has 0 unspecified atom stereocenters. The number of aliphatic imine (C=N–C) groups is 1. The van der Waals surface area contributed by atoms with Crippen LogP contribution in [0.2, 0.25) is 0 Å². The summed E-state index contributed by atoms with van der Waals surface area (Å²) < 4.78 is 0. The van der Waals surface area contributed by atoms with Gasteiger partial charge in [0.1, 0.15) is 0 Å². The van der Waals surface area contributed by atoms with Gasteiger partial charge in [-0.05, 0) is 40.0 Å². The Morgan fingerprint density at radius 1 is 0.600 bits per heavy atom. The first-order chi connectivity index (χ1) is 19.7. The molecule has 0 N–H and O–H groups in total. The van der Waals surface area contributed by atoms with E-state index >= 15 is 0 Å². The van der Waals surface area contributed by atoms with E-state index in [-0.39, 0.29) is 0 Å². The third-order valence-electron chi connectivity index (χ3n) is 7.06. The number of para-hydroxylation sites is 1. The number of benzene rings is 5. The van der Waals surface area contributed by atoms with E-state index in [0.29, 0.717) is 0 Å². The second kappa shape index (κ2) is 11.2. The summed E-state index contributed by atoms with van der Waals surface area (Å²) in [6.07, 6.45) is 5.62. The minimum absolute atomic E-state index is 0.728. The van der Waals surface area contributed by atoms with Crippen molar-refractivity contribution in [1.82, 2.24) is 4.98 Å². The second-order valence-corrected chi connectivity index (χ2v) is 9.62. The molecule has 0 amide bonds. The molecule has 0 radical (unpaired) electrons. The van der Waals surface area contributed by atoms with E-state index in [0.717, 1.165) is 49.9 Å². The molecule has 1 aromatic heterocycles. The Bertz CT molecular complexity index is 1900. The summed E-state index contributed by atoms with van der Waals surface area (Å²) in [5, 5.41) is 3.52. The standard InChI is InChI=1S/C38H28N2/c1-27(13-12-26-39-28(2)30-14-5-3-6-15-30)29-22-24-32(25-23-29)38-35-20-11-19-33(31-16-7-4-8-17-31)37(35)34-18-9-10-21-36(34)40-38/h3-26H,1-2H2. The molecule has 0 bridgehead atoms. The maximum absolute atomic E-state index is 5.12. The van der Waals surface area contributed by atoms with Gasteiger partial charge in [0.15, 0.2) is 0 Å². The molecular weight excluding hydrogens is 484 g/mol. The highest BCUT2D eigenvalue weighted by Gasteiger charge is 2.14. The van der Waals surface area contributed by atoms with Crippen molar-refractivity contribution >= 4 is 39.2 Å².